The number of aromatic nitrogens is 1. The predicted molar refractivity (Wildman–Crippen MR) is 82.6 cm³/mol. The van der Waals surface area contributed by atoms with E-state index in [2.05, 4.69) is 66.3 Å². The average molecular weight is 266 g/mol. The lowest BCUT2D eigenvalue weighted by atomic mass is 9.98. The number of hydrogen-bond donors (Lipinski definition) is 0. The van der Waals surface area contributed by atoms with Gasteiger partial charge in [0.1, 0.15) is 0 Å². The number of fused-ring (bicyclic) bond motifs is 1. The average Bonchev–Trinajstić information content (AvgIpc) is 2.47. The summed E-state index contributed by atoms with van der Waals surface area (Å²) in [6, 6.07) is 13.1. The number of pyridine rings is 1. The zero-order valence-electron chi connectivity index (χ0n) is 12.3. The van der Waals surface area contributed by atoms with E-state index in [4.69, 9.17) is 0 Å². The van der Waals surface area contributed by atoms with Crippen LogP contribution >= 0.6 is 0 Å². The molecule has 2 heteroatoms. The fraction of sp³-hybridized carbons (Fsp3) is 0.389. The van der Waals surface area contributed by atoms with Crippen LogP contribution in [0.5, 0.6) is 0 Å². The third kappa shape index (κ3) is 2.91. The molecule has 1 aliphatic heterocycles. The van der Waals surface area contributed by atoms with Crippen LogP contribution in [-0.4, -0.2) is 16.4 Å². The molecule has 0 aliphatic carbocycles. The highest BCUT2D eigenvalue weighted by Crippen LogP contribution is 2.23. The Balaban J connectivity index is 1.75. The Kier molecular flexibility index (Phi) is 3.83. The Bertz CT molecular complexity index is 575. The molecular weight excluding hydrogens is 244 g/mol. The largest absolute Gasteiger partial charge is 0.294 e. The molecule has 104 valence electrons. The number of benzene rings is 1. The van der Waals surface area contributed by atoms with E-state index in [1.807, 2.05) is 0 Å². The van der Waals surface area contributed by atoms with Crippen molar-refractivity contribution in [3.05, 3.63) is 65.0 Å². The van der Waals surface area contributed by atoms with Crippen molar-refractivity contribution in [2.45, 2.75) is 39.3 Å². The van der Waals surface area contributed by atoms with Gasteiger partial charge in [0.05, 0.1) is 0 Å². The van der Waals surface area contributed by atoms with Crippen molar-refractivity contribution in [1.29, 1.82) is 0 Å². The summed E-state index contributed by atoms with van der Waals surface area (Å²) in [4.78, 5) is 7.17. The number of nitrogens with zero attached hydrogens (tertiary/aromatic N) is 2. The summed E-state index contributed by atoms with van der Waals surface area (Å²) in [5.41, 5.74) is 5.45. The molecule has 0 saturated carbocycles. The van der Waals surface area contributed by atoms with E-state index in [-0.39, 0.29) is 0 Å². The summed E-state index contributed by atoms with van der Waals surface area (Å²) in [6.45, 7) is 7.63. The Labute approximate surface area is 121 Å². The van der Waals surface area contributed by atoms with Crippen molar-refractivity contribution >= 4 is 0 Å². The third-order valence-corrected chi connectivity index (χ3v) is 4.06. The summed E-state index contributed by atoms with van der Waals surface area (Å²) in [7, 11) is 0. The van der Waals surface area contributed by atoms with Gasteiger partial charge in [-0.15, -0.1) is 0 Å². The highest BCUT2D eigenvalue weighted by atomic mass is 15.1. The van der Waals surface area contributed by atoms with Crippen molar-refractivity contribution < 1.29 is 0 Å². The molecule has 0 atom stereocenters. The summed E-state index contributed by atoms with van der Waals surface area (Å²) in [5, 5.41) is 0. The Morgan fingerprint density at radius 3 is 2.75 bits per heavy atom. The van der Waals surface area contributed by atoms with Gasteiger partial charge in [0.2, 0.25) is 0 Å². The van der Waals surface area contributed by atoms with E-state index >= 15 is 0 Å². The first kappa shape index (κ1) is 13.3. The molecule has 0 bridgehead atoms. The second-order valence-electron chi connectivity index (χ2n) is 5.98. The minimum absolute atomic E-state index is 0.553. The molecule has 0 saturated heterocycles. The first-order valence-electron chi connectivity index (χ1n) is 7.46. The van der Waals surface area contributed by atoms with Gasteiger partial charge in [-0.05, 0) is 22.6 Å². The quantitative estimate of drug-likeness (QED) is 0.841. The molecule has 1 aliphatic rings. The van der Waals surface area contributed by atoms with E-state index in [9.17, 15) is 0 Å². The van der Waals surface area contributed by atoms with Crippen LogP contribution in [0.1, 0.15) is 42.1 Å². The van der Waals surface area contributed by atoms with Crippen molar-refractivity contribution in [3.8, 4) is 0 Å². The van der Waals surface area contributed by atoms with Gasteiger partial charge in [0.25, 0.3) is 0 Å². The van der Waals surface area contributed by atoms with Gasteiger partial charge in [-0.25, -0.2) is 0 Å². The van der Waals surface area contributed by atoms with Crippen molar-refractivity contribution in [2.24, 2.45) is 0 Å². The molecule has 0 spiro atoms. The first-order chi connectivity index (χ1) is 9.72. The highest BCUT2D eigenvalue weighted by Gasteiger charge is 2.18. The maximum atomic E-state index is 4.66. The molecule has 0 N–H and O–H groups in total. The van der Waals surface area contributed by atoms with Crippen LogP contribution in [0, 0.1) is 0 Å². The van der Waals surface area contributed by atoms with Crippen LogP contribution in [0.2, 0.25) is 0 Å². The molecule has 2 nitrogen and oxygen atoms in total. The van der Waals surface area contributed by atoms with Gasteiger partial charge in [0, 0.05) is 37.9 Å². The zero-order valence-corrected chi connectivity index (χ0v) is 12.3. The maximum absolute atomic E-state index is 4.66. The molecular formula is C18H22N2. The lowest BCUT2D eigenvalue weighted by molar-refractivity contribution is 0.243. The van der Waals surface area contributed by atoms with Gasteiger partial charge in [-0.2, -0.15) is 0 Å². The van der Waals surface area contributed by atoms with Crippen LogP contribution < -0.4 is 0 Å². The maximum Gasteiger partial charge on any atom is 0.0461 e. The number of hydrogen-bond acceptors (Lipinski definition) is 2. The standard InChI is InChI=1S/C18H22N2/c1-14(2)16-10-17-13-20(9-8-18(17)19-11-16)12-15-6-4-3-5-7-15/h3-7,10-11,14H,8-9,12-13H2,1-2H3. The van der Waals surface area contributed by atoms with Crippen LogP contribution in [-0.2, 0) is 19.5 Å². The lowest BCUT2D eigenvalue weighted by Gasteiger charge is -2.28. The molecule has 20 heavy (non-hydrogen) atoms. The van der Waals surface area contributed by atoms with Gasteiger partial charge in [-0.1, -0.05) is 50.2 Å². The summed E-state index contributed by atoms with van der Waals surface area (Å²) >= 11 is 0. The smallest absolute Gasteiger partial charge is 0.0461 e. The third-order valence-electron chi connectivity index (χ3n) is 4.06. The van der Waals surface area contributed by atoms with Crippen LogP contribution in [0.3, 0.4) is 0 Å². The lowest BCUT2D eigenvalue weighted by Crippen LogP contribution is -2.30. The van der Waals surface area contributed by atoms with Gasteiger partial charge in [-0.3, -0.25) is 9.88 Å². The Morgan fingerprint density at radius 1 is 1.20 bits per heavy atom. The molecule has 0 fully saturated rings. The van der Waals surface area contributed by atoms with E-state index in [1.165, 1.54) is 22.4 Å². The normalized spacial score (nSPS) is 15.3. The van der Waals surface area contributed by atoms with Crippen LogP contribution in [0.4, 0.5) is 0 Å². The minimum Gasteiger partial charge on any atom is -0.294 e. The molecule has 2 aromatic rings. The molecule has 3 rings (SSSR count). The van der Waals surface area contributed by atoms with E-state index in [0.29, 0.717) is 5.92 Å². The monoisotopic (exact) mass is 266 g/mol. The van der Waals surface area contributed by atoms with Gasteiger partial charge >= 0.3 is 0 Å². The van der Waals surface area contributed by atoms with E-state index in [0.717, 1.165) is 26.1 Å². The molecule has 0 amide bonds. The first-order valence-corrected chi connectivity index (χ1v) is 7.46. The van der Waals surface area contributed by atoms with Crippen molar-refractivity contribution in [2.75, 3.05) is 6.54 Å². The van der Waals surface area contributed by atoms with Crippen molar-refractivity contribution in [3.63, 3.8) is 0 Å². The van der Waals surface area contributed by atoms with E-state index < -0.39 is 0 Å². The molecule has 1 aromatic carbocycles. The van der Waals surface area contributed by atoms with Gasteiger partial charge in [0.15, 0.2) is 0 Å². The second kappa shape index (κ2) is 5.76. The summed E-state index contributed by atoms with van der Waals surface area (Å²) in [5.74, 6) is 0.553. The topological polar surface area (TPSA) is 16.1 Å². The Hall–Kier alpha value is -1.67. The SMILES string of the molecule is CC(C)c1cnc2c(c1)CN(Cc1ccccc1)CC2. The summed E-state index contributed by atoms with van der Waals surface area (Å²) < 4.78 is 0. The molecule has 1 aromatic heterocycles. The predicted octanol–water partition coefficient (Wildman–Crippen LogP) is 3.76. The zero-order chi connectivity index (χ0) is 13.9. The molecule has 0 unspecified atom stereocenters. The number of rotatable bonds is 3. The Morgan fingerprint density at radius 2 is 2.00 bits per heavy atom. The second-order valence-corrected chi connectivity index (χ2v) is 5.98. The fourth-order valence-corrected chi connectivity index (χ4v) is 2.80. The van der Waals surface area contributed by atoms with Crippen molar-refractivity contribution in [1.82, 2.24) is 9.88 Å². The van der Waals surface area contributed by atoms with Crippen LogP contribution in [0.15, 0.2) is 42.6 Å². The van der Waals surface area contributed by atoms with E-state index in [1.54, 1.807) is 0 Å². The highest BCUT2D eigenvalue weighted by molar-refractivity contribution is 5.29. The molecule has 0 radical (unpaired) electrons. The minimum atomic E-state index is 0.553. The van der Waals surface area contributed by atoms with Crippen LogP contribution in [0.25, 0.3) is 0 Å². The van der Waals surface area contributed by atoms with Gasteiger partial charge < -0.3 is 0 Å². The molecule has 2 heterocycles. The fourth-order valence-electron chi connectivity index (χ4n) is 2.80. The summed E-state index contributed by atoms with van der Waals surface area (Å²) in [6.07, 6.45) is 3.12.